The second-order valence-corrected chi connectivity index (χ2v) is 7.35. The van der Waals surface area contributed by atoms with Crippen molar-refractivity contribution in [3.05, 3.63) is 84.4 Å². The summed E-state index contributed by atoms with van der Waals surface area (Å²) < 4.78 is 0. The molecule has 0 heterocycles. The monoisotopic (exact) mass is 444 g/mol. The number of rotatable bonds is 9. The summed E-state index contributed by atoms with van der Waals surface area (Å²) in [4.78, 5) is 38.6. The van der Waals surface area contributed by atoms with Crippen LogP contribution in [0.2, 0.25) is 0 Å². The van der Waals surface area contributed by atoms with Gasteiger partial charge in [-0.25, -0.2) is 0 Å². The number of para-hydroxylation sites is 1. The maximum Gasteiger partial charge on any atom is 0.258 e. The van der Waals surface area contributed by atoms with Gasteiger partial charge in [-0.15, -0.1) is 0 Å². The second-order valence-electron chi connectivity index (χ2n) is 7.35. The van der Waals surface area contributed by atoms with Crippen LogP contribution in [0.15, 0.2) is 78.9 Å². The molecule has 0 unspecified atom stereocenters. The molecular formula is C26H28N4O3. The molecule has 7 nitrogen and oxygen atoms in total. The molecule has 0 spiro atoms. The van der Waals surface area contributed by atoms with Crippen LogP contribution in [-0.2, 0) is 9.59 Å². The van der Waals surface area contributed by atoms with Crippen molar-refractivity contribution in [3.8, 4) is 0 Å². The lowest BCUT2D eigenvalue weighted by atomic mass is 10.1. The summed E-state index contributed by atoms with van der Waals surface area (Å²) in [5.74, 6) is -0.423. The van der Waals surface area contributed by atoms with E-state index in [1.807, 2.05) is 37.3 Å². The maximum absolute atomic E-state index is 13.0. The zero-order valence-corrected chi connectivity index (χ0v) is 18.8. The van der Waals surface area contributed by atoms with Crippen LogP contribution in [-0.4, -0.2) is 30.8 Å². The number of hydrogen-bond donors (Lipinski definition) is 3. The molecule has 7 heteroatoms. The first-order valence-electron chi connectivity index (χ1n) is 10.9. The van der Waals surface area contributed by atoms with Gasteiger partial charge in [0.1, 0.15) is 0 Å². The fraction of sp³-hybridized carbons (Fsp3) is 0.192. The van der Waals surface area contributed by atoms with Gasteiger partial charge in [0.2, 0.25) is 11.8 Å². The van der Waals surface area contributed by atoms with Crippen molar-refractivity contribution in [2.24, 2.45) is 0 Å². The van der Waals surface area contributed by atoms with Gasteiger partial charge in [0.25, 0.3) is 5.91 Å². The van der Waals surface area contributed by atoms with E-state index in [0.717, 1.165) is 11.4 Å². The first-order valence-corrected chi connectivity index (χ1v) is 10.9. The minimum absolute atomic E-state index is 0.0541. The Morgan fingerprint density at radius 3 is 2.06 bits per heavy atom. The summed E-state index contributed by atoms with van der Waals surface area (Å²) in [6.07, 6.45) is 0.412. The van der Waals surface area contributed by atoms with Gasteiger partial charge in [-0.05, 0) is 61.5 Å². The number of nitrogens with one attached hydrogen (secondary N) is 3. The molecular weight excluding hydrogens is 416 g/mol. The lowest BCUT2D eigenvalue weighted by Gasteiger charge is -2.21. The van der Waals surface area contributed by atoms with E-state index in [9.17, 15) is 14.4 Å². The zero-order chi connectivity index (χ0) is 23.6. The molecule has 0 bridgehead atoms. The molecule has 170 valence electrons. The third-order valence-electron chi connectivity index (χ3n) is 4.97. The van der Waals surface area contributed by atoms with Crippen molar-refractivity contribution in [1.82, 2.24) is 0 Å². The van der Waals surface area contributed by atoms with Crippen LogP contribution in [0.3, 0.4) is 0 Å². The van der Waals surface area contributed by atoms with Gasteiger partial charge in [-0.3, -0.25) is 14.4 Å². The lowest BCUT2D eigenvalue weighted by Crippen LogP contribution is -2.30. The average molecular weight is 445 g/mol. The van der Waals surface area contributed by atoms with Crippen LogP contribution in [0.1, 0.15) is 30.6 Å². The first kappa shape index (κ1) is 23.5. The maximum atomic E-state index is 13.0. The Morgan fingerprint density at radius 2 is 1.39 bits per heavy atom. The molecule has 0 aliphatic carbocycles. The lowest BCUT2D eigenvalue weighted by molar-refractivity contribution is -0.116. The quantitative estimate of drug-likeness (QED) is 0.444. The van der Waals surface area contributed by atoms with E-state index >= 15 is 0 Å². The number of carbonyl (C=O) groups excluding carboxylic acids is 3. The first-order chi connectivity index (χ1) is 16.0. The molecule has 0 aromatic heterocycles. The Kier molecular flexibility index (Phi) is 8.18. The van der Waals surface area contributed by atoms with Crippen LogP contribution in [0.25, 0.3) is 0 Å². The second kappa shape index (κ2) is 11.5. The third-order valence-corrected chi connectivity index (χ3v) is 4.97. The fourth-order valence-electron chi connectivity index (χ4n) is 3.25. The van der Waals surface area contributed by atoms with Gasteiger partial charge >= 0.3 is 0 Å². The summed E-state index contributed by atoms with van der Waals surface area (Å²) in [5, 5.41) is 8.64. The molecule has 0 saturated heterocycles. The fourth-order valence-corrected chi connectivity index (χ4v) is 3.25. The number of hydrogen-bond acceptors (Lipinski definition) is 4. The van der Waals surface area contributed by atoms with Crippen molar-refractivity contribution in [2.75, 3.05) is 33.9 Å². The van der Waals surface area contributed by atoms with Crippen molar-refractivity contribution in [1.29, 1.82) is 0 Å². The van der Waals surface area contributed by atoms with Crippen LogP contribution >= 0.6 is 0 Å². The molecule has 0 saturated carbocycles. The number of benzene rings is 3. The number of anilines is 4. The van der Waals surface area contributed by atoms with Crippen molar-refractivity contribution >= 4 is 40.5 Å². The van der Waals surface area contributed by atoms with Crippen molar-refractivity contribution in [3.63, 3.8) is 0 Å². The molecule has 3 aromatic carbocycles. The minimum Gasteiger partial charge on any atom is -0.376 e. The molecule has 0 radical (unpaired) electrons. The number of carbonyl (C=O) groups is 3. The van der Waals surface area contributed by atoms with Crippen molar-refractivity contribution in [2.45, 2.75) is 20.3 Å². The molecule has 3 amide bonds. The Hall–Kier alpha value is -4.13. The Balaban J connectivity index is 1.58. The summed E-state index contributed by atoms with van der Waals surface area (Å²) >= 11 is 0. The van der Waals surface area contributed by atoms with Gasteiger partial charge in [0.15, 0.2) is 0 Å². The Labute approximate surface area is 193 Å². The highest BCUT2D eigenvalue weighted by Gasteiger charge is 2.16. The van der Waals surface area contributed by atoms with E-state index < -0.39 is 0 Å². The molecule has 0 aliphatic rings. The Morgan fingerprint density at radius 1 is 0.727 bits per heavy atom. The molecule has 33 heavy (non-hydrogen) atoms. The summed E-state index contributed by atoms with van der Waals surface area (Å²) in [5.41, 5.74) is 3.33. The molecule has 0 atom stereocenters. The van der Waals surface area contributed by atoms with E-state index in [4.69, 9.17) is 0 Å². The predicted molar refractivity (Wildman–Crippen MR) is 133 cm³/mol. The standard InChI is InChI=1S/C26H28N4O3/c1-3-24(31)28-21-15-13-20(14-16-21)27-18-25(32)29-22-10-8-9-19(17-22)26(33)30(4-2)23-11-6-5-7-12-23/h5-17,27H,3-4,18H2,1-2H3,(H,28,31)(H,29,32). The van der Waals surface area contributed by atoms with Gasteiger partial charge in [0, 0.05) is 41.3 Å². The van der Waals surface area contributed by atoms with Crippen LogP contribution < -0.4 is 20.9 Å². The average Bonchev–Trinajstić information content (AvgIpc) is 2.84. The zero-order valence-electron chi connectivity index (χ0n) is 18.8. The highest BCUT2D eigenvalue weighted by Crippen LogP contribution is 2.19. The smallest absolute Gasteiger partial charge is 0.258 e. The summed E-state index contributed by atoms with van der Waals surface area (Å²) in [6, 6.07) is 23.5. The van der Waals surface area contributed by atoms with Crippen LogP contribution in [0.5, 0.6) is 0 Å². The summed E-state index contributed by atoms with van der Waals surface area (Å²) in [6.45, 7) is 4.30. The molecule has 3 N–H and O–H groups in total. The highest BCUT2D eigenvalue weighted by atomic mass is 16.2. The SMILES string of the molecule is CCC(=O)Nc1ccc(NCC(=O)Nc2cccc(C(=O)N(CC)c3ccccc3)c2)cc1. The van der Waals surface area contributed by atoms with Gasteiger partial charge in [-0.2, -0.15) is 0 Å². The van der Waals surface area contributed by atoms with Gasteiger partial charge < -0.3 is 20.9 Å². The van der Waals surface area contributed by atoms with Crippen LogP contribution in [0.4, 0.5) is 22.7 Å². The van der Waals surface area contributed by atoms with Crippen molar-refractivity contribution < 1.29 is 14.4 Å². The predicted octanol–water partition coefficient (Wildman–Crippen LogP) is 4.75. The van der Waals surface area contributed by atoms with Crippen LogP contribution in [0, 0.1) is 0 Å². The molecule has 0 fully saturated rings. The van der Waals surface area contributed by atoms with E-state index in [-0.39, 0.29) is 24.3 Å². The summed E-state index contributed by atoms with van der Waals surface area (Å²) in [7, 11) is 0. The molecule has 3 rings (SSSR count). The van der Waals surface area contributed by atoms with E-state index in [0.29, 0.717) is 29.9 Å². The Bertz CT molecular complexity index is 1100. The minimum atomic E-state index is -0.238. The number of amides is 3. The van der Waals surface area contributed by atoms with Gasteiger partial charge in [-0.1, -0.05) is 31.2 Å². The highest BCUT2D eigenvalue weighted by molar-refractivity contribution is 6.07. The normalized spacial score (nSPS) is 10.2. The largest absolute Gasteiger partial charge is 0.376 e. The van der Waals surface area contributed by atoms with E-state index in [1.54, 1.807) is 60.4 Å². The van der Waals surface area contributed by atoms with E-state index in [2.05, 4.69) is 16.0 Å². The molecule has 3 aromatic rings. The number of nitrogens with zero attached hydrogens (tertiary/aromatic N) is 1. The van der Waals surface area contributed by atoms with Gasteiger partial charge in [0.05, 0.1) is 6.54 Å². The topological polar surface area (TPSA) is 90.5 Å². The van der Waals surface area contributed by atoms with E-state index in [1.165, 1.54) is 0 Å². The molecule has 0 aliphatic heterocycles. The third kappa shape index (κ3) is 6.67.